The van der Waals surface area contributed by atoms with E-state index in [0.29, 0.717) is 0 Å². The average molecular weight is 400 g/mol. The zero-order valence-electron chi connectivity index (χ0n) is 13.3. The lowest BCUT2D eigenvalue weighted by Crippen LogP contribution is -2.42. The number of hydrogen-bond donors (Lipinski definition) is 1. The van der Waals surface area contributed by atoms with Crippen LogP contribution in [0.5, 0.6) is 5.75 Å². The molecule has 0 aromatic heterocycles. The molecule has 0 saturated carbocycles. The van der Waals surface area contributed by atoms with Gasteiger partial charge in [0.2, 0.25) is 5.78 Å². The van der Waals surface area contributed by atoms with Crippen molar-refractivity contribution in [1.82, 2.24) is 5.32 Å². The number of benzene rings is 1. The molecule has 1 amide bonds. The van der Waals surface area contributed by atoms with Crippen LogP contribution in [0, 0.1) is 0 Å². The van der Waals surface area contributed by atoms with E-state index in [1.807, 2.05) is 0 Å². The van der Waals surface area contributed by atoms with Crippen LogP contribution in [0.2, 0.25) is 10.0 Å². The van der Waals surface area contributed by atoms with Crippen molar-refractivity contribution in [3.05, 3.63) is 27.7 Å². The van der Waals surface area contributed by atoms with Gasteiger partial charge in [0.25, 0.3) is 5.91 Å². The zero-order chi connectivity index (χ0) is 18.5. The molecule has 0 spiro atoms. The van der Waals surface area contributed by atoms with Crippen LogP contribution in [0.25, 0.3) is 0 Å². The molecule has 8 nitrogen and oxygen atoms in total. The van der Waals surface area contributed by atoms with Gasteiger partial charge < -0.3 is 23.8 Å². The first-order valence-corrected chi connectivity index (χ1v) is 8.73. The van der Waals surface area contributed by atoms with E-state index in [9.17, 15) is 14.2 Å². The molecule has 0 radical (unpaired) electrons. The second-order valence-corrected chi connectivity index (χ2v) is 7.42. The van der Waals surface area contributed by atoms with Crippen molar-refractivity contribution in [2.45, 2.75) is 5.78 Å². The first kappa shape index (κ1) is 20.7. The summed E-state index contributed by atoms with van der Waals surface area (Å²) in [6, 6.07) is 2.56. The summed E-state index contributed by atoms with van der Waals surface area (Å²) in [6.07, 6.45) is 0. The van der Waals surface area contributed by atoms with Crippen molar-refractivity contribution < 1.29 is 32.7 Å². The molecule has 0 bridgehead atoms. The molecule has 0 saturated heterocycles. The molecule has 1 aromatic rings. The topological polar surface area (TPSA) is 100 Å². The Hall–Kier alpha value is -1.31. The summed E-state index contributed by atoms with van der Waals surface area (Å²) in [6.45, 7) is 0. The molecular formula is C13H16Cl2NO7P. The van der Waals surface area contributed by atoms with Crippen LogP contribution in [-0.4, -0.2) is 46.1 Å². The Bertz CT molecular complexity index is 651. The standard InChI is InChI=1S/C13H16Cl2NO7P/c1-20-10-8(14)5-7(6-9(10)15)11(17)16-12(13(18)21-2)24(19,22-3)23-4/h5-6,12H,1-4H3,(H,16,17). The smallest absolute Gasteiger partial charge is 0.363 e. The zero-order valence-corrected chi connectivity index (χ0v) is 15.7. The van der Waals surface area contributed by atoms with Gasteiger partial charge in [-0.2, -0.15) is 0 Å². The summed E-state index contributed by atoms with van der Waals surface area (Å²) in [4.78, 5) is 24.2. The average Bonchev–Trinajstić information content (AvgIpc) is 2.57. The Morgan fingerprint density at radius 2 is 1.58 bits per heavy atom. The Balaban J connectivity index is 3.18. The highest BCUT2D eigenvalue weighted by atomic mass is 35.5. The number of amides is 1. The lowest BCUT2D eigenvalue weighted by atomic mass is 10.2. The van der Waals surface area contributed by atoms with Gasteiger partial charge in [-0.25, -0.2) is 4.79 Å². The predicted octanol–water partition coefficient (Wildman–Crippen LogP) is 2.72. The number of carbonyl (C=O) groups excluding carboxylic acids is 2. The molecule has 0 fully saturated rings. The molecule has 1 aromatic carbocycles. The van der Waals surface area contributed by atoms with E-state index in [-0.39, 0.29) is 21.4 Å². The van der Waals surface area contributed by atoms with E-state index in [4.69, 9.17) is 37.0 Å². The van der Waals surface area contributed by atoms with Crippen molar-refractivity contribution in [2.75, 3.05) is 28.4 Å². The number of carbonyl (C=O) groups is 2. The van der Waals surface area contributed by atoms with Crippen LogP contribution in [-0.2, 0) is 23.1 Å². The Labute approximate surface area is 148 Å². The van der Waals surface area contributed by atoms with Gasteiger partial charge in [0.1, 0.15) is 0 Å². The summed E-state index contributed by atoms with van der Waals surface area (Å²) in [5, 5.41) is 2.41. The number of ether oxygens (including phenoxy) is 2. The van der Waals surface area contributed by atoms with Crippen LogP contribution < -0.4 is 10.1 Å². The fourth-order valence-corrected chi connectivity index (χ4v) is 3.61. The summed E-state index contributed by atoms with van der Waals surface area (Å²) >= 11 is 11.9. The van der Waals surface area contributed by atoms with Gasteiger partial charge in [-0.1, -0.05) is 23.2 Å². The molecule has 0 aliphatic rings. The van der Waals surface area contributed by atoms with Gasteiger partial charge >= 0.3 is 13.6 Å². The molecule has 1 atom stereocenters. The molecule has 1 unspecified atom stereocenters. The van der Waals surface area contributed by atoms with E-state index in [1.165, 1.54) is 19.2 Å². The van der Waals surface area contributed by atoms with Crippen LogP contribution in [0.4, 0.5) is 0 Å². The quantitative estimate of drug-likeness (QED) is 0.555. The third-order valence-electron chi connectivity index (χ3n) is 2.98. The van der Waals surface area contributed by atoms with Crippen LogP contribution in [0.1, 0.15) is 10.4 Å². The number of methoxy groups -OCH3 is 2. The molecule has 1 rings (SSSR count). The van der Waals surface area contributed by atoms with Crippen molar-refractivity contribution in [3.8, 4) is 5.75 Å². The van der Waals surface area contributed by atoms with E-state index in [2.05, 4.69) is 10.1 Å². The maximum Gasteiger partial charge on any atom is 0.363 e. The Morgan fingerprint density at radius 1 is 1.08 bits per heavy atom. The van der Waals surface area contributed by atoms with Crippen molar-refractivity contribution in [1.29, 1.82) is 0 Å². The van der Waals surface area contributed by atoms with Crippen molar-refractivity contribution in [2.24, 2.45) is 0 Å². The minimum Gasteiger partial charge on any atom is -0.494 e. The lowest BCUT2D eigenvalue weighted by Gasteiger charge is -2.23. The number of hydrogen-bond acceptors (Lipinski definition) is 7. The van der Waals surface area contributed by atoms with Gasteiger partial charge in [0.15, 0.2) is 5.75 Å². The van der Waals surface area contributed by atoms with E-state index in [0.717, 1.165) is 21.3 Å². The summed E-state index contributed by atoms with van der Waals surface area (Å²) < 4.78 is 31.4. The molecule has 11 heteroatoms. The van der Waals surface area contributed by atoms with E-state index >= 15 is 0 Å². The Morgan fingerprint density at radius 3 is 1.96 bits per heavy atom. The van der Waals surface area contributed by atoms with Gasteiger partial charge in [-0.15, -0.1) is 0 Å². The largest absolute Gasteiger partial charge is 0.494 e. The normalized spacial score (nSPS) is 12.4. The van der Waals surface area contributed by atoms with Crippen LogP contribution in [0.15, 0.2) is 12.1 Å². The maximum absolute atomic E-state index is 12.4. The molecule has 24 heavy (non-hydrogen) atoms. The number of rotatable bonds is 7. The molecule has 0 heterocycles. The monoisotopic (exact) mass is 399 g/mol. The summed E-state index contributed by atoms with van der Waals surface area (Å²) in [5.74, 6) is -3.25. The minimum absolute atomic E-state index is 0.0125. The fourth-order valence-electron chi connectivity index (χ4n) is 1.76. The highest BCUT2D eigenvalue weighted by molar-refractivity contribution is 7.55. The van der Waals surface area contributed by atoms with Gasteiger partial charge in [-0.3, -0.25) is 9.36 Å². The molecule has 1 N–H and O–H groups in total. The van der Waals surface area contributed by atoms with Crippen LogP contribution >= 0.6 is 30.8 Å². The SMILES string of the molecule is COC(=O)C(NC(=O)c1cc(Cl)c(OC)c(Cl)c1)P(=O)(OC)OC. The third-order valence-corrected chi connectivity index (χ3v) is 5.53. The van der Waals surface area contributed by atoms with E-state index in [1.54, 1.807) is 0 Å². The minimum atomic E-state index is -3.97. The highest BCUT2D eigenvalue weighted by Gasteiger charge is 2.42. The molecule has 134 valence electrons. The fraction of sp³-hybridized carbons (Fsp3) is 0.385. The third kappa shape index (κ3) is 4.40. The molecule has 0 aliphatic carbocycles. The first-order chi connectivity index (χ1) is 11.2. The van der Waals surface area contributed by atoms with Gasteiger partial charge in [-0.05, 0) is 12.1 Å². The second-order valence-electron chi connectivity index (χ2n) is 4.28. The maximum atomic E-state index is 12.4. The lowest BCUT2D eigenvalue weighted by molar-refractivity contribution is -0.141. The van der Waals surface area contributed by atoms with E-state index < -0.39 is 25.3 Å². The van der Waals surface area contributed by atoms with Gasteiger partial charge in [0, 0.05) is 19.8 Å². The highest BCUT2D eigenvalue weighted by Crippen LogP contribution is 2.51. The summed E-state index contributed by atoms with van der Waals surface area (Å²) in [5.41, 5.74) is 0.0125. The van der Waals surface area contributed by atoms with Crippen molar-refractivity contribution in [3.63, 3.8) is 0 Å². The molecular weight excluding hydrogens is 384 g/mol. The van der Waals surface area contributed by atoms with Gasteiger partial charge in [0.05, 0.1) is 24.3 Å². The van der Waals surface area contributed by atoms with Crippen molar-refractivity contribution >= 4 is 42.7 Å². The number of esters is 1. The number of halogens is 2. The predicted molar refractivity (Wildman–Crippen MR) is 87.9 cm³/mol. The number of nitrogens with one attached hydrogen (secondary N) is 1. The first-order valence-electron chi connectivity index (χ1n) is 6.37. The molecule has 0 aliphatic heterocycles. The second kappa shape index (κ2) is 8.69. The summed E-state index contributed by atoms with van der Waals surface area (Å²) in [7, 11) is 0.616. The van der Waals surface area contributed by atoms with Crippen LogP contribution in [0.3, 0.4) is 0 Å². The Kier molecular flexibility index (Phi) is 7.51.